The van der Waals surface area contributed by atoms with Crippen molar-refractivity contribution in [2.75, 3.05) is 6.26 Å². The number of nitrogens with zero attached hydrogens (tertiary/aromatic N) is 1. The van der Waals surface area contributed by atoms with E-state index in [4.69, 9.17) is 6.57 Å². The van der Waals surface area contributed by atoms with E-state index >= 15 is 0 Å². The first-order valence-corrected chi connectivity index (χ1v) is 5.56. The predicted octanol–water partition coefficient (Wildman–Crippen LogP) is 1.51. The van der Waals surface area contributed by atoms with Crippen molar-refractivity contribution < 1.29 is 8.42 Å². The fourth-order valence-electron chi connectivity index (χ4n) is 1.08. The van der Waals surface area contributed by atoms with Crippen molar-refractivity contribution >= 4 is 9.84 Å². The summed E-state index contributed by atoms with van der Waals surface area (Å²) >= 11 is 0. The van der Waals surface area contributed by atoms with Gasteiger partial charge in [-0.3, -0.25) is 0 Å². The zero-order valence-electron chi connectivity index (χ0n) is 7.19. The number of sulfone groups is 1. The first kappa shape index (κ1) is 9.75. The average molecular weight is 195 g/mol. The zero-order chi connectivity index (χ0) is 9.90. The van der Waals surface area contributed by atoms with Crippen molar-refractivity contribution in [2.24, 2.45) is 0 Å². The van der Waals surface area contributed by atoms with Gasteiger partial charge in [0.15, 0.2) is 9.84 Å². The third-order valence-corrected chi connectivity index (χ3v) is 2.82. The fraction of sp³-hybridized carbons (Fsp3) is 0.222. The van der Waals surface area contributed by atoms with Gasteiger partial charge in [0, 0.05) is 11.8 Å². The highest BCUT2D eigenvalue weighted by atomic mass is 32.2. The highest BCUT2D eigenvalue weighted by Gasteiger charge is 2.13. The Morgan fingerprint density at radius 2 is 2.00 bits per heavy atom. The molecule has 0 aliphatic carbocycles. The smallest absolute Gasteiger partial charge is 0.241 e. The molecule has 0 aromatic heterocycles. The van der Waals surface area contributed by atoms with Gasteiger partial charge in [-0.1, -0.05) is 18.2 Å². The maximum Gasteiger partial charge on any atom is 0.241 e. The molecule has 3 nitrogen and oxygen atoms in total. The molecule has 0 heterocycles. The van der Waals surface area contributed by atoms with E-state index in [1.807, 2.05) is 0 Å². The molecule has 0 saturated carbocycles. The summed E-state index contributed by atoms with van der Waals surface area (Å²) in [5, 5.41) is 0. The molecule has 0 aliphatic rings. The summed E-state index contributed by atoms with van der Waals surface area (Å²) in [5.74, 6) is 0. The molecule has 0 amide bonds. The molecule has 0 N–H and O–H groups in total. The molecule has 0 aliphatic heterocycles. The van der Waals surface area contributed by atoms with Crippen molar-refractivity contribution in [1.29, 1.82) is 0 Å². The summed E-state index contributed by atoms with van der Waals surface area (Å²) in [5.41, 5.74) is 0.569. The van der Waals surface area contributed by atoms with E-state index in [1.54, 1.807) is 18.2 Å². The summed E-state index contributed by atoms with van der Waals surface area (Å²) in [7, 11) is -3.20. The fourth-order valence-corrected chi connectivity index (χ4v) is 2.02. The molecule has 13 heavy (non-hydrogen) atoms. The lowest BCUT2D eigenvalue weighted by Crippen LogP contribution is -2.00. The number of hydrogen-bond acceptors (Lipinski definition) is 2. The summed E-state index contributed by atoms with van der Waals surface area (Å²) in [6, 6.07) is 6.57. The van der Waals surface area contributed by atoms with Gasteiger partial charge in [-0.15, -0.1) is 0 Å². The molecule has 0 spiro atoms. The van der Waals surface area contributed by atoms with Gasteiger partial charge in [-0.25, -0.2) is 15.0 Å². The van der Waals surface area contributed by atoms with Crippen LogP contribution in [0.4, 0.5) is 0 Å². The van der Waals surface area contributed by atoms with Crippen molar-refractivity contribution in [3.8, 4) is 0 Å². The van der Waals surface area contributed by atoms with Crippen LogP contribution in [0.25, 0.3) is 4.85 Å². The number of benzene rings is 1. The topological polar surface area (TPSA) is 38.5 Å². The molecule has 0 saturated heterocycles. The van der Waals surface area contributed by atoms with Crippen LogP contribution in [0.15, 0.2) is 29.2 Å². The van der Waals surface area contributed by atoms with E-state index in [0.29, 0.717) is 5.56 Å². The van der Waals surface area contributed by atoms with E-state index in [0.717, 1.165) is 6.26 Å². The van der Waals surface area contributed by atoms with E-state index in [1.165, 1.54) is 6.07 Å². The molecule has 0 bridgehead atoms. The first-order valence-electron chi connectivity index (χ1n) is 3.67. The average Bonchev–Trinajstić information content (AvgIpc) is 2.04. The van der Waals surface area contributed by atoms with E-state index in [9.17, 15) is 8.42 Å². The van der Waals surface area contributed by atoms with Crippen LogP contribution >= 0.6 is 0 Å². The maximum atomic E-state index is 11.2. The Morgan fingerprint density at radius 3 is 2.54 bits per heavy atom. The molecule has 0 radical (unpaired) electrons. The number of hydrogen-bond donors (Lipinski definition) is 0. The molecule has 1 rings (SSSR count). The van der Waals surface area contributed by atoms with Crippen molar-refractivity contribution in [2.45, 2.75) is 11.4 Å². The Kier molecular flexibility index (Phi) is 2.69. The van der Waals surface area contributed by atoms with Crippen LogP contribution in [0.2, 0.25) is 0 Å². The second kappa shape index (κ2) is 3.58. The SMILES string of the molecule is [C-]#[N+]Cc1ccccc1S(C)(=O)=O. The Labute approximate surface area is 77.8 Å². The highest BCUT2D eigenvalue weighted by Crippen LogP contribution is 2.15. The van der Waals surface area contributed by atoms with Gasteiger partial charge in [0.1, 0.15) is 0 Å². The Bertz CT molecular complexity index is 443. The lowest BCUT2D eigenvalue weighted by molar-refractivity contribution is 0.601. The van der Waals surface area contributed by atoms with Crippen molar-refractivity contribution in [3.05, 3.63) is 41.2 Å². The van der Waals surface area contributed by atoms with Gasteiger partial charge in [-0.05, 0) is 6.07 Å². The maximum absolute atomic E-state index is 11.2. The van der Waals surface area contributed by atoms with Gasteiger partial charge in [0.2, 0.25) is 6.54 Å². The lowest BCUT2D eigenvalue weighted by Gasteiger charge is -2.00. The van der Waals surface area contributed by atoms with Crippen molar-refractivity contribution in [1.82, 2.24) is 0 Å². The molecule has 0 unspecified atom stereocenters. The normalized spacial score (nSPS) is 10.8. The molecule has 1 aromatic rings. The quantitative estimate of drug-likeness (QED) is 0.671. The van der Waals surface area contributed by atoms with E-state index < -0.39 is 9.84 Å². The van der Waals surface area contributed by atoms with Crippen LogP contribution in [0, 0.1) is 6.57 Å². The summed E-state index contributed by atoms with van der Waals surface area (Å²) in [6.45, 7) is 6.79. The van der Waals surface area contributed by atoms with E-state index in [2.05, 4.69) is 4.85 Å². The predicted molar refractivity (Wildman–Crippen MR) is 49.9 cm³/mol. The first-order chi connectivity index (χ1) is 6.05. The standard InChI is InChI=1S/C9H9NO2S/c1-10-7-8-5-3-4-6-9(8)13(2,11)12/h3-6H,7H2,2H3. The van der Waals surface area contributed by atoms with Gasteiger partial charge in [0.25, 0.3) is 0 Å². The molecular formula is C9H9NO2S. The third-order valence-electron chi connectivity index (χ3n) is 1.62. The van der Waals surface area contributed by atoms with Crippen LogP contribution in [-0.2, 0) is 16.4 Å². The molecule has 4 heteroatoms. The molecule has 0 atom stereocenters. The summed E-state index contributed by atoms with van der Waals surface area (Å²) < 4.78 is 22.5. The minimum Gasteiger partial charge on any atom is -0.312 e. The lowest BCUT2D eigenvalue weighted by atomic mass is 10.2. The monoisotopic (exact) mass is 195 g/mol. The Morgan fingerprint density at radius 1 is 1.38 bits per heavy atom. The summed E-state index contributed by atoms with van der Waals surface area (Å²) in [6.07, 6.45) is 1.15. The third kappa shape index (κ3) is 2.30. The molecule has 68 valence electrons. The van der Waals surface area contributed by atoms with Crippen LogP contribution in [0.3, 0.4) is 0 Å². The molecular weight excluding hydrogens is 186 g/mol. The minimum absolute atomic E-state index is 0.114. The van der Waals surface area contributed by atoms with E-state index in [-0.39, 0.29) is 11.4 Å². The Hall–Kier alpha value is -1.34. The van der Waals surface area contributed by atoms with Gasteiger partial charge in [-0.2, -0.15) is 0 Å². The number of rotatable bonds is 2. The second-order valence-electron chi connectivity index (χ2n) is 2.70. The van der Waals surface area contributed by atoms with Crippen LogP contribution < -0.4 is 0 Å². The highest BCUT2D eigenvalue weighted by molar-refractivity contribution is 7.90. The molecule has 0 fully saturated rings. The van der Waals surface area contributed by atoms with Gasteiger partial charge in [0.05, 0.1) is 4.90 Å². The molecule has 1 aromatic carbocycles. The largest absolute Gasteiger partial charge is 0.312 e. The van der Waals surface area contributed by atoms with Gasteiger partial charge < -0.3 is 4.85 Å². The summed E-state index contributed by atoms with van der Waals surface area (Å²) in [4.78, 5) is 3.42. The Balaban J connectivity index is 3.30. The van der Waals surface area contributed by atoms with Crippen LogP contribution in [0.1, 0.15) is 5.56 Å². The second-order valence-corrected chi connectivity index (χ2v) is 4.68. The van der Waals surface area contributed by atoms with Gasteiger partial charge >= 0.3 is 0 Å². The minimum atomic E-state index is -3.20. The van der Waals surface area contributed by atoms with Crippen molar-refractivity contribution in [3.63, 3.8) is 0 Å². The zero-order valence-corrected chi connectivity index (χ0v) is 8.00. The van der Waals surface area contributed by atoms with Crippen LogP contribution in [0.5, 0.6) is 0 Å². The van der Waals surface area contributed by atoms with Crippen LogP contribution in [-0.4, -0.2) is 14.7 Å².